The SMILES string of the molecule is CCCCCCCC/C=C\CCCCCCCCCC(=O)OC(COC(=O)CCCCCCCCCCCCC)COC(=O)CCCCCCCCCCCCCCCCCCCCCCCCCCCCCCCCCC. The molecule has 0 radical (unpaired) electrons. The van der Waals surface area contributed by atoms with E-state index < -0.39 is 6.10 Å². The molecule has 78 heavy (non-hydrogen) atoms. The molecule has 0 rings (SSSR count). The zero-order valence-electron chi connectivity index (χ0n) is 53.2. The zero-order valence-corrected chi connectivity index (χ0v) is 53.2. The Hall–Kier alpha value is -1.85. The molecule has 0 saturated heterocycles. The van der Waals surface area contributed by atoms with Crippen LogP contribution in [0.15, 0.2) is 12.2 Å². The van der Waals surface area contributed by atoms with Crippen molar-refractivity contribution in [1.29, 1.82) is 0 Å². The van der Waals surface area contributed by atoms with Crippen LogP contribution in [0.4, 0.5) is 0 Å². The fraction of sp³-hybridized carbons (Fsp3) is 0.931. The summed E-state index contributed by atoms with van der Waals surface area (Å²) in [4.78, 5) is 38.3. The third-order valence-corrected chi connectivity index (χ3v) is 16.5. The van der Waals surface area contributed by atoms with Crippen molar-refractivity contribution in [3.05, 3.63) is 12.2 Å². The maximum absolute atomic E-state index is 12.9. The topological polar surface area (TPSA) is 78.9 Å². The second-order valence-electron chi connectivity index (χ2n) is 24.5. The standard InChI is InChI=1S/C72H138O6/c1-4-7-10-13-16-19-22-24-26-28-29-30-31-32-33-34-35-36-37-38-39-40-41-42-44-45-47-50-53-56-59-62-65-71(74)77-68-69(67-76-70(73)64-61-58-55-52-49-21-18-15-12-9-6-3)78-72(75)66-63-60-57-54-51-48-46-43-27-25-23-20-17-14-11-8-5-2/h25,27,69H,4-24,26,28-68H2,1-3H3/b27-25-. The Bertz CT molecular complexity index is 1210. The van der Waals surface area contributed by atoms with Crippen LogP contribution >= 0.6 is 0 Å². The lowest BCUT2D eigenvalue weighted by Gasteiger charge is -2.18. The maximum Gasteiger partial charge on any atom is 0.306 e. The smallest absolute Gasteiger partial charge is 0.306 e. The van der Waals surface area contributed by atoms with Crippen molar-refractivity contribution in [1.82, 2.24) is 0 Å². The van der Waals surface area contributed by atoms with Gasteiger partial charge in [-0.25, -0.2) is 0 Å². The zero-order chi connectivity index (χ0) is 56.4. The monoisotopic (exact) mass is 1100 g/mol. The summed E-state index contributed by atoms with van der Waals surface area (Å²) in [6, 6.07) is 0. The third kappa shape index (κ3) is 65.0. The minimum Gasteiger partial charge on any atom is -0.462 e. The average Bonchev–Trinajstić information content (AvgIpc) is 3.44. The van der Waals surface area contributed by atoms with E-state index in [9.17, 15) is 14.4 Å². The Labute approximate surface area is 488 Å². The number of ether oxygens (including phenoxy) is 3. The summed E-state index contributed by atoms with van der Waals surface area (Å²) in [5.74, 6) is -0.839. The largest absolute Gasteiger partial charge is 0.462 e. The Morgan fingerprint density at radius 2 is 0.423 bits per heavy atom. The number of hydrogen-bond donors (Lipinski definition) is 0. The molecule has 0 heterocycles. The highest BCUT2D eigenvalue weighted by Crippen LogP contribution is 2.19. The van der Waals surface area contributed by atoms with Gasteiger partial charge in [-0.2, -0.15) is 0 Å². The quantitative estimate of drug-likeness (QED) is 0.0261. The number of hydrogen-bond acceptors (Lipinski definition) is 6. The van der Waals surface area contributed by atoms with Gasteiger partial charge in [0.25, 0.3) is 0 Å². The lowest BCUT2D eigenvalue weighted by molar-refractivity contribution is -0.167. The molecule has 0 aromatic carbocycles. The third-order valence-electron chi connectivity index (χ3n) is 16.5. The van der Waals surface area contributed by atoms with Gasteiger partial charge >= 0.3 is 17.9 Å². The Morgan fingerprint density at radius 3 is 0.641 bits per heavy atom. The van der Waals surface area contributed by atoms with Gasteiger partial charge in [-0.15, -0.1) is 0 Å². The molecular formula is C72H138O6. The number of unbranched alkanes of at least 4 members (excludes halogenated alkanes) is 54. The Morgan fingerprint density at radius 1 is 0.244 bits per heavy atom. The summed E-state index contributed by atoms with van der Waals surface area (Å²) in [5.41, 5.74) is 0. The predicted octanol–water partition coefficient (Wildman–Crippen LogP) is 24.4. The van der Waals surface area contributed by atoms with Gasteiger partial charge in [-0.05, 0) is 44.9 Å². The summed E-state index contributed by atoms with van der Waals surface area (Å²) < 4.78 is 16.9. The van der Waals surface area contributed by atoms with Crippen LogP contribution in [0, 0.1) is 0 Å². The predicted molar refractivity (Wildman–Crippen MR) is 340 cm³/mol. The van der Waals surface area contributed by atoms with Crippen molar-refractivity contribution in [2.24, 2.45) is 0 Å². The van der Waals surface area contributed by atoms with Crippen molar-refractivity contribution in [2.75, 3.05) is 13.2 Å². The highest BCUT2D eigenvalue weighted by Gasteiger charge is 2.19. The van der Waals surface area contributed by atoms with Gasteiger partial charge in [0.05, 0.1) is 0 Å². The molecule has 0 spiro atoms. The van der Waals surface area contributed by atoms with E-state index in [2.05, 4.69) is 32.9 Å². The van der Waals surface area contributed by atoms with E-state index in [1.807, 2.05) is 0 Å². The first kappa shape index (κ1) is 76.1. The first-order chi connectivity index (χ1) is 38.5. The maximum atomic E-state index is 12.9. The normalized spacial score (nSPS) is 12.0. The number of esters is 3. The van der Waals surface area contributed by atoms with Crippen LogP contribution in [-0.2, 0) is 28.6 Å². The first-order valence-corrected chi connectivity index (χ1v) is 35.7. The summed E-state index contributed by atoms with van der Waals surface area (Å²) in [7, 11) is 0. The highest BCUT2D eigenvalue weighted by atomic mass is 16.6. The van der Waals surface area contributed by atoms with Crippen molar-refractivity contribution in [3.63, 3.8) is 0 Å². The molecule has 462 valence electrons. The van der Waals surface area contributed by atoms with Crippen LogP contribution in [0.2, 0.25) is 0 Å². The lowest BCUT2D eigenvalue weighted by Crippen LogP contribution is -2.30. The molecule has 1 unspecified atom stereocenters. The van der Waals surface area contributed by atoms with Gasteiger partial charge in [0, 0.05) is 19.3 Å². The highest BCUT2D eigenvalue weighted by molar-refractivity contribution is 5.71. The molecular weight excluding hydrogens is 961 g/mol. The summed E-state index contributed by atoms with van der Waals surface area (Å²) in [6.45, 7) is 6.70. The molecule has 0 bridgehead atoms. The second kappa shape index (κ2) is 67.7. The average molecular weight is 1100 g/mol. The molecule has 0 saturated carbocycles. The molecule has 0 aromatic rings. The van der Waals surface area contributed by atoms with Crippen LogP contribution in [0.5, 0.6) is 0 Å². The fourth-order valence-corrected chi connectivity index (χ4v) is 11.2. The van der Waals surface area contributed by atoms with Crippen molar-refractivity contribution < 1.29 is 28.6 Å². The van der Waals surface area contributed by atoms with Crippen molar-refractivity contribution in [2.45, 2.75) is 419 Å². The van der Waals surface area contributed by atoms with Crippen LogP contribution in [0.3, 0.4) is 0 Å². The van der Waals surface area contributed by atoms with E-state index in [0.29, 0.717) is 19.3 Å². The van der Waals surface area contributed by atoms with E-state index in [1.165, 1.54) is 315 Å². The number of carbonyl (C=O) groups excluding carboxylic acids is 3. The summed E-state index contributed by atoms with van der Waals surface area (Å²) >= 11 is 0. The molecule has 0 aliphatic carbocycles. The van der Waals surface area contributed by atoms with E-state index >= 15 is 0 Å². The van der Waals surface area contributed by atoms with Crippen molar-refractivity contribution in [3.8, 4) is 0 Å². The molecule has 0 aromatic heterocycles. The number of allylic oxidation sites excluding steroid dienone is 2. The number of rotatable bonds is 67. The van der Waals surface area contributed by atoms with Gasteiger partial charge < -0.3 is 14.2 Å². The van der Waals surface area contributed by atoms with E-state index in [1.54, 1.807) is 0 Å². The van der Waals surface area contributed by atoms with E-state index in [-0.39, 0.29) is 31.1 Å². The molecule has 6 heteroatoms. The molecule has 0 aliphatic rings. The van der Waals surface area contributed by atoms with Gasteiger partial charge in [0.1, 0.15) is 13.2 Å². The van der Waals surface area contributed by atoms with Crippen LogP contribution in [0.25, 0.3) is 0 Å². The summed E-state index contributed by atoms with van der Waals surface area (Å²) in [5, 5.41) is 0. The molecule has 0 amide bonds. The van der Waals surface area contributed by atoms with Gasteiger partial charge in [0.15, 0.2) is 6.10 Å². The van der Waals surface area contributed by atoms with Gasteiger partial charge in [-0.3, -0.25) is 14.4 Å². The number of carbonyl (C=O) groups is 3. The van der Waals surface area contributed by atoms with Crippen molar-refractivity contribution >= 4 is 17.9 Å². The fourth-order valence-electron chi connectivity index (χ4n) is 11.2. The molecule has 0 aliphatic heterocycles. The Kier molecular flexibility index (Phi) is 66.0. The van der Waals surface area contributed by atoms with Crippen LogP contribution < -0.4 is 0 Å². The molecule has 0 N–H and O–H groups in total. The first-order valence-electron chi connectivity index (χ1n) is 35.7. The van der Waals surface area contributed by atoms with Gasteiger partial charge in [-0.1, -0.05) is 360 Å². The molecule has 1 atom stereocenters. The molecule has 6 nitrogen and oxygen atoms in total. The van der Waals surface area contributed by atoms with E-state index in [0.717, 1.165) is 57.8 Å². The minimum atomic E-state index is -0.768. The summed E-state index contributed by atoms with van der Waals surface area (Å²) in [6.07, 6.45) is 81.2. The van der Waals surface area contributed by atoms with Crippen LogP contribution in [0.1, 0.15) is 412 Å². The lowest BCUT2D eigenvalue weighted by atomic mass is 10.0. The second-order valence-corrected chi connectivity index (χ2v) is 24.5. The van der Waals surface area contributed by atoms with Gasteiger partial charge in [0.2, 0.25) is 0 Å². The molecule has 0 fully saturated rings. The van der Waals surface area contributed by atoms with Crippen LogP contribution in [-0.4, -0.2) is 37.2 Å². The Balaban J connectivity index is 4.05. The van der Waals surface area contributed by atoms with E-state index in [4.69, 9.17) is 14.2 Å². The minimum absolute atomic E-state index is 0.0653.